The van der Waals surface area contributed by atoms with Crippen molar-refractivity contribution in [3.8, 4) is 17.1 Å². The first-order valence-corrected chi connectivity index (χ1v) is 12.4. The van der Waals surface area contributed by atoms with Crippen LogP contribution in [0.1, 0.15) is 69.7 Å². The van der Waals surface area contributed by atoms with Crippen LogP contribution in [0.3, 0.4) is 0 Å². The number of aryl methyl sites for hydroxylation is 2. The number of pyridine rings is 1. The second-order valence-electron chi connectivity index (χ2n) is 9.98. The van der Waals surface area contributed by atoms with E-state index in [0.717, 1.165) is 56.3 Å². The van der Waals surface area contributed by atoms with E-state index in [4.69, 9.17) is 14.6 Å². The molecule has 1 amide bonds. The standard InChI is InChI=1S/C25H35N5O5/c1-4-9-25(10-11-25)15-34-24(33)26-14-20-23(28-29-30(20)3)19-7-8-21(16(2)27-19)35-18-6-5-17(12-18)13-22(31)32/h7-8,17-18H,4-6,9-15H2,1-3H3,(H,26,33)(H,31,32)/t17-,18-/m1/s1. The topological polar surface area (TPSA) is 128 Å². The minimum atomic E-state index is -0.760. The van der Waals surface area contributed by atoms with Gasteiger partial charge < -0.3 is 19.9 Å². The Bertz CT molecular complexity index is 1060. The first-order valence-electron chi connectivity index (χ1n) is 12.4. The fourth-order valence-corrected chi connectivity index (χ4v) is 4.93. The quantitative estimate of drug-likeness (QED) is 0.488. The molecule has 10 heteroatoms. The van der Waals surface area contributed by atoms with Gasteiger partial charge in [-0.3, -0.25) is 4.79 Å². The van der Waals surface area contributed by atoms with Crippen LogP contribution in [0.4, 0.5) is 4.79 Å². The van der Waals surface area contributed by atoms with Crippen molar-refractivity contribution in [2.24, 2.45) is 18.4 Å². The monoisotopic (exact) mass is 485 g/mol. The summed E-state index contributed by atoms with van der Waals surface area (Å²) in [6.07, 6.45) is 6.62. The second kappa shape index (κ2) is 10.6. The van der Waals surface area contributed by atoms with Gasteiger partial charge in [0.15, 0.2) is 0 Å². The van der Waals surface area contributed by atoms with Crippen LogP contribution < -0.4 is 10.1 Å². The van der Waals surface area contributed by atoms with Gasteiger partial charge in [0.1, 0.15) is 11.4 Å². The number of aromatic nitrogens is 4. The number of aliphatic carboxylic acids is 1. The normalized spacial score (nSPS) is 20.4. The third kappa shape index (κ3) is 6.29. The zero-order chi connectivity index (χ0) is 25.0. The molecule has 0 aliphatic heterocycles. The predicted octanol–water partition coefficient (Wildman–Crippen LogP) is 4.01. The summed E-state index contributed by atoms with van der Waals surface area (Å²) in [5, 5.41) is 20.2. The van der Waals surface area contributed by atoms with Gasteiger partial charge in [0.05, 0.1) is 36.3 Å². The summed E-state index contributed by atoms with van der Waals surface area (Å²) < 4.78 is 13.2. The van der Waals surface area contributed by atoms with E-state index >= 15 is 0 Å². The zero-order valence-corrected chi connectivity index (χ0v) is 20.7. The molecule has 2 aromatic heterocycles. The lowest BCUT2D eigenvalue weighted by Crippen LogP contribution is -2.27. The molecule has 0 bridgehead atoms. The lowest BCUT2D eigenvalue weighted by atomic mass is 10.0. The van der Waals surface area contributed by atoms with E-state index in [1.165, 1.54) is 0 Å². The molecule has 0 unspecified atom stereocenters. The van der Waals surface area contributed by atoms with E-state index in [1.54, 1.807) is 11.7 Å². The number of nitrogens with zero attached hydrogens (tertiary/aromatic N) is 4. The molecule has 2 saturated carbocycles. The van der Waals surface area contributed by atoms with Crippen LogP contribution in [-0.4, -0.2) is 49.9 Å². The number of ether oxygens (including phenoxy) is 2. The van der Waals surface area contributed by atoms with E-state index < -0.39 is 12.1 Å². The zero-order valence-electron chi connectivity index (χ0n) is 20.7. The van der Waals surface area contributed by atoms with Crippen molar-refractivity contribution in [3.05, 3.63) is 23.5 Å². The van der Waals surface area contributed by atoms with Gasteiger partial charge in [0.2, 0.25) is 0 Å². The molecule has 2 atom stereocenters. The Kier molecular flexibility index (Phi) is 7.57. The molecule has 35 heavy (non-hydrogen) atoms. The summed E-state index contributed by atoms with van der Waals surface area (Å²) in [5.41, 5.74) is 2.87. The van der Waals surface area contributed by atoms with E-state index in [-0.39, 0.29) is 30.4 Å². The van der Waals surface area contributed by atoms with E-state index in [2.05, 4.69) is 27.5 Å². The number of hydrogen-bond donors (Lipinski definition) is 2. The van der Waals surface area contributed by atoms with Crippen LogP contribution >= 0.6 is 0 Å². The summed E-state index contributed by atoms with van der Waals surface area (Å²) in [6.45, 7) is 4.71. The second-order valence-corrected chi connectivity index (χ2v) is 9.98. The van der Waals surface area contributed by atoms with Crippen LogP contribution in [0.5, 0.6) is 5.75 Å². The van der Waals surface area contributed by atoms with Gasteiger partial charge in [-0.05, 0) is 63.5 Å². The molecule has 190 valence electrons. The molecule has 2 aromatic rings. The Morgan fingerprint density at radius 2 is 2.09 bits per heavy atom. The fraction of sp³-hybridized carbons (Fsp3) is 0.640. The highest BCUT2D eigenvalue weighted by Crippen LogP contribution is 2.49. The molecule has 2 aliphatic rings. The number of alkyl carbamates (subject to hydrolysis) is 1. The highest BCUT2D eigenvalue weighted by molar-refractivity contribution is 5.68. The molecule has 0 saturated heterocycles. The van der Waals surface area contributed by atoms with Crippen molar-refractivity contribution in [1.29, 1.82) is 0 Å². The van der Waals surface area contributed by atoms with Crippen molar-refractivity contribution < 1.29 is 24.2 Å². The van der Waals surface area contributed by atoms with Gasteiger partial charge in [0.25, 0.3) is 0 Å². The molecular formula is C25H35N5O5. The fourth-order valence-electron chi connectivity index (χ4n) is 4.93. The number of rotatable bonds is 11. The van der Waals surface area contributed by atoms with E-state index in [1.807, 2.05) is 19.1 Å². The van der Waals surface area contributed by atoms with Gasteiger partial charge in [-0.25, -0.2) is 14.5 Å². The van der Waals surface area contributed by atoms with Crippen LogP contribution in [-0.2, 0) is 23.1 Å². The van der Waals surface area contributed by atoms with Gasteiger partial charge in [-0.1, -0.05) is 18.6 Å². The van der Waals surface area contributed by atoms with Crippen molar-refractivity contribution in [2.45, 2.75) is 77.9 Å². The lowest BCUT2D eigenvalue weighted by Gasteiger charge is -2.16. The molecule has 2 aliphatic carbocycles. The van der Waals surface area contributed by atoms with Gasteiger partial charge in [0, 0.05) is 18.9 Å². The van der Waals surface area contributed by atoms with Crippen molar-refractivity contribution in [1.82, 2.24) is 25.3 Å². The van der Waals surface area contributed by atoms with E-state index in [9.17, 15) is 9.59 Å². The Labute approximate surface area is 205 Å². The maximum Gasteiger partial charge on any atom is 0.407 e. The SMILES string of the molecule is CCCC1(COC(=O)NCc2c(-c3ccc(O[C@@H]4CC[C@@H](CC(=O)O)C4)c(C)n3)nnn2C)CC1. The summed E-state index contributed by atoms with van der Waals surface area (Å²) in [7, 11) is 1.78. The lowest BCUT2D eigenvalue weighted by molar-refractivity contribution is -0.138. The summed E-state index contributed by atoms with van der Waals surface area (Å²) in [6, 6.07) is 3.70. The summed E-state index contributed by atoms with van der Waals surface area (Å²) in [4.78, 5) is 27.9. The van der Waals surface area contributed by atoms with E-state index in [0.29, 0.717) is 23.7 Å². The van der Waals surface area contributed by atoms with Crippen LogP contribution in [0, 0.1) is 18.3 Å². The summed E-state index contributed by atoms with van der Waals surface area (Å²) >= 11 is 0. The highest BCUT2D eigenvalue weighted by Gasteiger charge is 2.42. The Hall–Kier alpha value is -3.17. The molecule has 2 fully saturated rings. The number of carboxylic acid groups (broad SMARTS) is 1. The van der Waals surface area contributed by atoms with Gasteiger partial charge in [-0.2, -0.15) is 0 Å². The van der Waals surface area contributed by atoms with Crippen molar-refractivity contribution in [3.63, 3.8) is 0 Å². The van der Waals surface area contributed by atoms with Gasteiger partial charge in [-0.15, -0.1) is 5.10 Å². The molecule has 0 radical (unpaired) electrons. The molecule has 2 N–H and O–H groups in total. The number of nitrogens with one attached hydrogen (secondary N) is 1. The third-order valence-corrected chi connectivity index (χ3v) is 7.12. The third-order valence-electron chi connectivity index (χ3n) is 7.12. The number of carbonyl (C=O) groups excluding carboxylic acids is 1. The molecule has 4 rings (SSSR count). The maximum atomic E-state index is 12.3. The minimum absolute atomic E-state index is 0.0000872. The Morgan fingerprint density at radius 1 is 1.29 bits per heavy atom. The number of hydrogen-bond acceptors (Lipinski definition) is 7. The smallest absolute Gasteiger partial charge is 0.407 e. The van der Waals surface area contributed by atoms with Crippen molar-refractivity contribution >= 4 is 12.1 Å². The average Bonchev–Trinajstić information content (AvgIpc) is 3.28. The van der Waals surface area contributed by atoms with Crippen LogP contribution in [0.2, 0.25) is 0 Å². The number of carbonyl (C=O) groups is 2. The van der Waals surface area contributed by atoms with Gasteiger partial charge >= 0.3 is 12.1 Å². The molecular weight excluding hydrogens is 450 g/mol. The summed E-state index contributed by atoms with van der Waals surface area (Å²) in [5.74, 6) is 0.0829. The Balaban J connectivity index is 1.35. The number of amides is 1. The maximum absolute atomic E-state index is 12.3. The molecule has 10 nitrogen and oxygen atoms in total. The minimum Gasteiger partial charge on any atom is -0.489 e. The molecule has 0 aromatic carbocycles. The molecule has 0 spiro atoms. The highest BCUT2D eigenvalue weighted by atomic mass is 16.5. The van der Waals surface area contributed by atoms with Crippen molar-refractivity contribution in [2.75, 3.05) is 6.61 Å². The number of carboxylic acids is 1. The Morgan fingerprint density at radius 3 is 2.77 bits per heavy atom. The largest absolute Gasteiger partial charge is 0.489 e. The predicted molar refractivity (Wildman–Crippen MR) is 128 cm³/mol. The first kappa shape index (κ1) is 24.9. The average molecular weight is 486 g/mol. The van der Waals surface area contributed by atoms with Crippen LogP contribution in [0.25, 0.3) is 11.4 Å². The molecule has 2 heterocycles. The first-order chi connectivity index (χ1) is 16.8. The van der Waals surface area contributed by atoms with Crippen LogP contribution in [0.15, 0.2) is 12.1 Å².